The first-order chi connectivity index (χ1) is 8.56. The molecular formula is C11H15NO5S. The molecule has 0 heterocycles. The highest BCUT2D eigenvalue weighted by Gasteiger charge is 2.11. The Morgan fingerprint density at radius 3 is 2.78 bits per heavy atom. The van der Waals surface area contributed by atoms with Crippen LogP contribution in [0.3, 0.4) is 0 Å². The molecule has 100 valence electrons. The van der Waals surface area contributed by atoms with E-state index in [0.717, 1.165) is 0 Å². The van der Waals surface area contributed by atoms with Crippen LogP contribution in [-0.2, 0) is 16.1 Å². The van der Waals surface area contributed by atoms with Crippen molar-refractivity contribution < 1.29 is 23.0 Å². The lowest BCUT2D eigenvalue weighted by atomic mass is 10.3. The third kappa shape index (κ3) is 4.34. The number of methoxy groups -OCH3 is 1. The molecule has 6 nitrogen and oxygen atoms in total. The number of benzene rings is 1. The second-order valence-electron chi connectivity index (χ2n) is 3.44. The Morgan fingerprint density at radius 2 is 2.22 bits per heavy atom. The van der Waals surface area contributed by atoms with Crippen LogP contribution in [0.1, 0.15) is 19.8 Å². The number of anilines is 1. The molecule has 0 spiro atoms. The fourth-order valence-corrected chi connectivity index (χ4v) is 1.63. The zero-order chi connectivity index (χ0) is 13.5. The second-order valence-corrected chi connectivity index (χ2v) is 4.14. The molecule has 0 bridgehead atoms. The molecule has 0 radical (unpaired) electrons. The fraction of sp³-hybridized carbons (Fsp3) is 0.364. The number of ether oxygens (including phenoxy) is 2. The van der Waals surface area contributed by atoms with Crippen molar-refractivity contribution in [2.24, 2.45) is 0 Å². The highest BCUT2D eigenvalue weighted by Crippen LogP contribution is 2.30. The Bertz CT molecular complexity index is 449. The van der Waals surface area contributed by atoms with Gasteiger partial charge in [0.2, 0.25) is 0 Å². The van der Waals surface area contributed by atoms with Gasteiger partial charge >= 0.3 is 5.97 Å². The van der Waals surface area contributed by atoms with Crippen LogP contribution >= 0.6 is 0 Å². The van der Waals surface area contributed by atoms with Gasteiger partial charge in [-0.15, -0.1) is 0 Å². The Hall–Kier alpha value is -1.60. The summed E-state index contributed by atoms with van der Waals surface area (Å²) in [5, 5.41) is 0. The molecule has 1 aromatic carbocycles. The van der Waals surface area contributed by atoms with E-state index in [4.69, 9.17) is 14.0 Å². The van der Waals surface area contributed by atoms with Crippen molar-refractivity contribution >= 4 is 22.9 Å². The van der Waals surface area contributed by atoms with Crippen LogP contribution in [-0.4, -0.2) is 21.8 Å². The SMILES string of the molecule is CCCC(=O)Oc1cc(OC)ccc1NS(=O)O. The van der Waals surface area contributed by atoms with Crippen LogP contribution in [0.25, 0.3) is 0 Å². The maximum atomic E-state index is 11.4. The zero-order valence-corrected chi connectivity index (χ0v) is 11.0. The summed E-state index contributed by atoms with van der Waals surface area (Å²) >= 11 is -2.24. The third-order valence-corrected chi connectivity index (χ3v) is 2.46. The number of nitrogens with one attached hydrogen (secondary N) is 1. The van der Waals surface area contributed by atoms with E-state index in [0.29, 0.717) is 12.2 Å². The van der Waals surface area contributed by atoms with Gasteiger partial charge in [0.25, 0.3) is 11.3 Å². The van der Waals surface area contributed by atoms with Crippen molar-refractivity contribution in [1.29, 1.82) is 0 Å². The second kappa shape index (κ2) is 6.97. The minimum atomic E-state index is -2.24. The molecule has 0 saturated heterocycles. The zero-order valence-electron chi connectivity index (χ0n) is 10.1. The molecule has 18 heavy (non-hydrogen) atoms. The highest BCUT2D eigenvalue weighted by atomic mass is 32.2. The minimum Gasteiger partial charge on any atom is -0.497 e. The average molecular weight is 273 g/mol. The molecule has 0 aliphatic carbocycles. The molecule has 2 N–H and O–H groups in total. The Kier molecular flexibility index (Phi) is 5.60. The van der Waals surface area contributed by atoms with Crippen LogP contribution in [0, 0.1) is 0 Å². The van der Waals surface area contributed by atoms with Gasteiger partial charge in [-0.3, -0.25) is 14.1 Å². The molecule has 0 amide bonds. The molecule has 0 saturated carbocycles. The molecule has 0 aliphatic rings. The van der Waals surface area contributed by atoms with E-state index in [1.807, 2.05) is 6.92 Å². The largest absolute Gasteiger partial charge is 0.497 e. The summed E-state index contributed by atoms with van der Waals surface area (Å²) in [5.74, 6) is 0.247. The van der Waals surface area contributed by atoms with Crippen LogP contribution < -0.4 is 14.2 Å². The van der Waals surface area contributed by atoms with Crippen molar-refractivity contribution in [3.63, 3.8) is 0 Å². The summed E-state index contributed by atoms with van der Waals surface area (Å²) in [6.07, 6.45) is 0.941. The fourth-order valence-electron chi connectivity index (χ4n) is 1.27. The van der Waals surface area contributed by atoms with Gasteiger partial charge in [0.15, 0.2) is 5.75 Å². The summed E-state index contributed by atoms with van der Waals surface area (Å²) < 4.78 is 31.9. The minimum absolute atomic E-state index is 0.162. The van der Waals surface area contributed by atoms with Crippen molar-refractivity contribution in [2.45, 2.75) is 19.8 Å². The first-order valence-corrected chi connectivity index (χ1v) is 6.43. The third-order valence-electron chi connectivity index (χ3n) is 2.06. The molecular weight excluding hydrogens is 258 g/mol. The summed E-state index contributed by atoms with van der Waals surface area (Å²) in [6, 6.07) is 4.57. The Morgan fingerprint density at radius 1 is 1.50 bits per heavy atom. The summed E-state index contributed by atoms with van der Waals surface area (Å²) in [4.78, 5) is 11.4. The van der Waals surface area contributed by atoms with Crippen LogP contribution in [0.15, 0.2) is 18.2 Å². The van der Waals surface area contributed by atoms with E-state index in [1.165, 1.54) is 19.2 Å². The van der Waals surface area contributed by atoms with Crippen molar-refractivity contribution in [1.82, 2.24) is 0 Å². The van der Waals surface area contributed by atoms with Gasteiger partial charge in [-0.05, 0) is 18.6 Å². The standard InChI is InChI=1S/C11H15NO5S/c1-3-4-11(13)17-10-7-8(16-2)5-6-9(10)12-18(14)15/h5-7,12H,3-4H2,1-2H3,(H,14,15). The first kappa shape index (κ1) is 14.5. The predicted molar refractivity (Wildman–Crippen MR) is 67.9 cm³/mol. The normalized spacial score (nSPS) is 11.7. The topological polar surface area (TPSA) is 84.9 Å². The Balaban J connectivity index is 2.95. The maximum Gasteiger partial charge on any atom is 0.311 e. The lowest BCUT2D eigenvalue weighted by molar-refractivity contribution is -0.134. The van der Waals surface area contributed by atoms with E-state index in [2.05, 4.69) is 4.72 Å². The smallest absolute Gasteiger partial charge is 0.311 e. The van der Waals surface area contributed by atoms with Crippen molar-refractivity contribution in [2.75, 3.05) is 11.8 Å². The number of hydrogen-bond acceptors (Lipinski definition) is 4. The number of carbonyl (C=O) groups excluding carboxylic acids is 1. The molecule has 0 aliphatic heterocycles. The molecule has 1 unspecified atom stereocenters. The van der Waals surface area contributed by atoms with Gasteiger partial charge in [-0.1, -0.05) is 6.92 Å². The summed E-state index contributed by atoms with van der Waals surface area (Å²) in [6.45, 7) is 1.86. The van der Waals surface area contributed by atoms with Gasteiger partial charge in [-0.25, -0.2) is 4.21 Å². The molecule has 0 fully saturated rings. The van der Waals surface area contributed by atoms with Crippen molar-refractivity contribution in [3.8, 4) is 11.5 Å². The van der Waals surface area contributed by atoms with Gasteiger partial charge in [0.05, 0.1) is 12.8 Å². The van der Waals surface area contributed by atoms with Gasteiger partial charge in [-0.2, -0.15) is 0 Å². The molecule has 1 rings (SSSR count). The number of hydrogen-bond donors (Lipinski definition) is 2. The van der Waals surface area contributed by atoms with Crippen LogP contribution in [0.4, 0.5) is 5.69 Å². The predicted octanol–water partition coefficient (Wildman–Crippen LogP) is 1.95. The first-order valence-electron chi connectivity index (χ1n) is 5.33. The van der Waals surface area contributed by atoms with E-state index >= 15 is 0 Å². The number of esters is 1. The highest BCUT2D eigenvalue weighted by molar-refractivity contribution is 7.80. The maximum absolute atomic E-state index is 11.4. The molecule has 1 aromatic rings. The molecule has 0 aromatic heterocycles. The number of carbonyl (C=O) groups is 1. The van der Waals surface area contributed by atoms with E-state index in [9.17, 15) is 9.00 Å². The average Bonchev–Trinajstić information content (AvgIpc) is 2.31. The van der Waals surface area contributed by atoms with Gasteiger partial charge in [0.1, 0.15) is 5.75 Å². The monoisotopic (exact) mass is 273 g/mol. The molecule has 1 atom stereocenters. The van der Waals surface area contributed by atoms with E-state index in [-0.39, 0.29) is 17.9 Å². The summed E-state index contributed by atoms with van der Waals surface area (Å²) in [7, 11) is 1.48. The van der Waals surface area contributed by atoms with E-state index < -0.39 is 17.2 Å². The number of rotatable bonds is 6. The molecule has 7 heteroatoms. The van der Waals surface area contributed by atoms with E-state index in [1.54, 1.807) is 6.07 Å². The van der Waals surface area contributed by atoms with Gasteiger partial charge < -0.3 is 9.47 Å². The Labute approximate surface area is 108 Å². The van der Waals surface area contributed by atoms with Gasteiger partial charge in [0, 0.05) is 12.5 Å². The van der Waals surface area contributed by atoms with Crippen molar-refractivity contribution in [3.05, 3.63) is 18.2 Å². The van der Waals surface area contributed by atoms with Crippen LogP contribution in [0.5, 0.6) is 11.5 Å². The lowest BCUT2D eigenvalue weighted by Crippen LogP contribution is -2.10. The summed E-state index contributed by atoms with van der Waals surface area (Å²) in [5.41, 5.74) is 0.251. The quantitative estimate of drug-likeness (QED) is 0.470. The lowest BCUT2D eigenvalue weighted by Gasteiger charge is -2.11. The van der Waals surface area contributed by atoms with Crippen LogP contribution in [0.2, 0.25) is 0 Å².